The van der Waals surface area contributed by atoms with Gasteiger partial charge >= 0.3 is 0 Å². The molecule has 0 nitrogen and oxygen atoms in total. The van der Waals surface area contributed by atoms with Gasteiger partial charge in [0.2, 0.25) is 0 Å². The average molecular weight is 335 g/mol. The van der Waals surface area contributed by atoms with Gasteiger partial charge in [0.15, 0.2) is 0 Å². The Morgan fingerprint density at radius 2 is 1.75 bits per heavy atom. The second kappa shape index (κ2) is 7.71. The predicted molar refractivity (Wildman–Crippen MR) is 108 cm³/mol. The van der Waals surface area contributed by atoms with Crippen LogP contribution >= 0.6 is 0 Å². The van der Waals surface area contributed by atoms with E-state index >= 15 is 0 Å². The Balaban J connectivity index is 2.18. The zero-order valence-corrected chi connectivity index (χ0v) is 18.1. The molecule has 6 unspecified atom stereocenters. The largest absolute Gasteiger partial charge is 0.0654 e. The molecule has 0 heterocycles. The van der Waals surface area contributed by atoms with Crippen molar-refractivity contribution in [3.63, 3.8) is 0 Å². The smallest absolute Gasteiger partial charge is 0.0266 e. The highest BCUT2D eigenvalue weighted by Gasteiger charge is 2.55. The Morgan fingerprint density at radius 3 is 2.29 bits per heavy atom. The maximum atomic E-state index is 2.67. The van der Waals surface area contributed by atoms with Gasteiger partial charge in [-0.3, -0.25) is 0 Å². The molecule has 0 bridgehead atoms. The van der Waals surface area contributed by atoms with Crippen molar-refractivity contribution in [2.45, 2.75) is 107 Å². The number of hydrogen-bond acceptors (Lipinski definition) is 0. The van der Waals surface area contributed by atoms with Crippen molar-refractivity contribution in [3.05, 3.63) is 0 Å². The Morgan fingerprint density at radius 1 is 1.08 bits per heavy atom. The van der Waals surface area contributed by atoms with Crippen molar-refractivity contribution in [1.29, 1.82) is 0 Å². The standard InChI is InChI=1S/C24H46/c1-9-10-20-11-12-21-19(6)22(14-16-24(20,21)8)23(7,18(4)5)15-13-17(2)3/h17-22H,9-16H2,1-8H3. The van der Waals surface area contributed by atoms with E-state index in [0.717, 1.165) is 35.5 Å². The van der Waals surface area contributed by atoms with E-state index in [-0.39, 0.29) is 0 Å². The monoisotopic (exact) mass is 334 g/mol. The minimum Gasteiger partial charge on any atom is -0.0654 e. The maximum absolute atomic E-state index is 2.67. The number of rotatable bonds is 7. The summed E-state index contributed by atoms with van der Waals surface area (Å²) >= 11 is 0. The lowest BCUT2D eigenvalue weighted by atomic mass is 9.50. The summed E-state index contributed by atoms with van der Waals surface area (Å²) in [7, 11) is 0. The van der Waals surface area contributed by atoms with E-state index in [1.165, 1.54) is 51.4 Å². The number of hydrogen-bond donors (Lipinski definition) is 0. The van der Waals surface area contributed by atoms with Crippen LogP contribution in [0.3, 0.4) is 0 Å². The van der Waals surface area contributed by atoms with Crippen LogP contribution in [-0.4, -0.2) is 0 Å². The number of fused-ring (bicyclic) bond motifs is 1. The van der Waals surface area contributed by atoms with Crippen LogP contribution in [0.4, 0.5) is 0 Å². The van der Waals surface area contributed by atoms with Crippen molar-refractivity contribution in [2.24, 2.45) is 46.3 Å². The quantitative estimate of drug-likeness (QED) is 0.443. The summed E-state index contributed by atoms with van der Waals surface area (Å²) in [6, 6.07) is 0. The van der Waals surface area contributed by atoms with Crippen LogP contribution in [0.2, 0.25) is 0 Å². The second-order valence-corrected chi connectivity index (χ2v) is 10.8. The van der Waals surface area contributed by atoms with Gasteiger partial charge in [-0.05, 0) is 78.4 Å². The molecule has 2 fully saturated rings. The lowest BCUT2D eigenvalue weighted by molar-refractivity contribution is -0.0549. The molecule has 142 valence electrons. The van der Waals surface area contributed by atoms with E-state index in [4.69, 9.17) is 0 Å². The van der Waals surface area contributed by atoms with Crippen molar-refractivity contribution >= 4 is 0 Å². The first-order valence-corrected chi connectivity index (χ1v) is 11.2. The minimum absolute atomic E-state index is 0.536. The van der Waals surface area contributed by atoms with E-state index in [1.807, 2.05) is 0 Å². The first kappa shape index (κ1) is 20.3. The van der Waals surface area contributed by atoms with Gasteiger partial charge in [-0.2, -0.15) is 0 Å². The van der Waals surface area contributed by atoms with Crippen molar-refractivity contribution < 1.29 is 0 Å². The molecule has 24 heavy (non-hydrogen) atoms. The normalized spacial score (nSPS) is 39.2. The molecule has 0 aliphatic heterocycles. The van der Waals surface area contributed by atoms with Gasteiger partial charge in [0.25, 0.3) is 0 Å². The first-order valence-electron chi connectivity index (χ1n) is 11.2. The molecule has 2 rings (SSSR count). The van der Waals surface area contributed by atoms with Gasteiger partial charge < -0.3 is 0 Å². The molecule has 0 aromatic rings. The molecule has 0 aromatic carbocycles. The molecule has 0 heteroatoms. The minimum atomic E-state index is 0.536. The van der Waals surface area contributed by atoms with Gasteiger partial charge in [-0.1, -0.05) is 74.7 Å². The summed E-state index contributed by atoms with van der Waals surface area (Å²) in [5.74, 6) is 5.51. The maximum Gasteiger partial charge on any atom is -0.0266 e. The van der Waals surface area contributed by atoms with Crippen LogP contribution < -0.4 is 0 Å². The van der Waals surface area contributed by atoms with Crippen LogP contribution in [-0.2, 0) is 0 Å². The molecular formula is C24H46. The van der Waals surface area contributed by atoms with E-state index in [0.29, 0.717) is 10.8 Å². The lowest BCUT2D eigenvalue weighted by Crippen LogP contribution is -2.47. The summed E-state index contributed by atoms with van der Waals surface area (Å²) in [4.78, 5) is 0. The molecule has 0 N–H and O–H groups in total. The molecule has 0 amide bonds. The van der Waals surface area contributed by atoms with E-state index in [2.05, 4.69) is 55.4 Å². The average Bonchev–Trinajstić information content (AvgIpc) is 2.83. The lowest BCUT2D eigenvalue weighted by Gasteiger charge is -2.54. The van der Waals surface area contributed by atoms with E-state index in [9.17, 15) is 0 Å². The molecule has 0 radical (unpaired) electrons. The highest BCUT2D eigenvalue weighted by molar-refractivity contribution is 5.04. The Labute approximate surface area is 153 Å². The van der Waals surface area contributed by atoms with Crippen LogP contribution in [0, 0.1) is 46.3 Å². The Hall–Kier alpha value is 0. The van der Waals surface area contributed by atoms with Gasteiger partial charge in [-0.15, -0.1) is 0 Å². The Bertz CT molecular complexity index is 395. The topological polar surface area (TPSA) is 0 Å². The highest BCUT2D eigenvalue weighted by Crippen LogP contribution is 2.63. The van der Waals surface area contributed by atoms with Gasteiger partial charge in [-0.25, -0.2) is 0 Å². The van der Waals surface area contributed by atoms with Gasteiger partial charge in [0.1, 0.15) is 0 Å². The van der Waals surface area contributed by atoms with Crippen molar-refractivity contribution in [1.82, 2.24) is 0 Å². The molecule has 2 aliphatic rings. The summed E-state index contributed by atoms with van der Waals surface area (Å²) in [6.45, 7) is 20.1. The summed E-state index contributed by atoms with van der Waals surface area (Å²) in [6.07, 6.45) is 11.7. The van der Waals surface area contributed by atoms with Crippen molar-refractivity contribution in [3.8, 4) is 0 Å². The zero-order chi connectivity index (χ0) is 18.1. The second-order valence-electron chi connectivity index (χ2n) is 10.8. The molecule has 0 saturated heterocycles. The molecule has 2 aliphatic carbocycles. The van der Waals surface area contributed by atoms with E-state index in [1.54, 1.807) is 0 Å². The van der Waals surface area contributed by atoms with Crippen molar-refractivity contribution in [2.75, 3.05) is 0 Å². The third-order valence-corrected chi connectivity index (χ3v) is 8.93. The summed E-state index contributed by atoms with van der Waals surface area (Å²) in [5, 5.41) is 0. The van der Waals surface area contributed by atoms with Gasteiger partial charge in [0.05, 0.1) is 0 Å². The van der Waals surface area contributed by atoms with Crippen LogP contribution in [0.5, 0.6) is 0 Å². The first-order chi connectivity index (χ1) is 11.2. The SMILES string of the molecule is CCCC1CCC2C(C)C(C(C)(CCC(C)C)C(C)C)CCC12C. The summed E-state index contributed by atoms with van der Waals surface area (Å²) < 4.78 is 0. The highest BCUT2D eigenvalue weighted by atomic mass is 14.6. The Kier molecular flexibility index (Phi) is 6.53. The zero-order valence-electron chi connectivity index (χ0n) is 18.1. The molecule has 0 aromatic heterocycles. The van der Waals surface area contributed by atoms with E-state index < -0.39 is 0 Å². The van der Waals surface area contributed by atoms with Crippen LogP contribution in [0.1, 0.15) is 107 Å². The third kappa shape index (κ3) is 3.59. The van der Waals surface area contributed by atoms with Gasteiger partial charge in [0, 0.05) is 0 Å². The summed E-state index contributed by atoms with van der Waals surface area (Å²) in [5.41, 5.74) is 1.19. The fourth-order valence-corrected chi connectivity index (χ4v) is 6.86. The predicted octanol–water partition coefficient (Wildman–Crippen LogP) is 7.96. The fourth-order valence-electron chi connectivity index (χ4n) is 6.86. The molecule has 2 saturated carbocycles. The third-order valence-electron chi connectivity index (χ3n) is 8.93. The van der Waals surface area contributed by atoms with Crippen LogP contribution in [0.15, 0.2) is 0 Å². The molecule has 0 spiro atoms. The molecular weight excluding hydrogens is 288 g/mol. The molecule has 6 atom stereocenters. The fraction of sp³-hybridized carbons (Fsp3) is 1.00. The van der Waals surface area contributed by atoms with Crippen LogP contribution in [0.25, 0.3) is 0 Å².